The molecule has 2 rings (SSSR count). The predicted octanol–water partition coefficient (Wildman–Crippen LogP) is 4.42. The highest BCUT2D eigenvalue weighted by atomic mass is 32.2. The minimum Gasteiger partial charge on any atom is -0.353 e. The van der Waals surface area contributed by atoms with Gasteiger partial charge in [-0.2, -0.15) is 0 Å². The molecule has 0 atom stereocenters. The predicted molar refractivity (Wildman–Crippen MR) is 80.8 cm³/mol. The zero-order chi connectivity index (χ0) is 12.3. The van der Waals surface area contributed by atoms with Crippen LogP contribution in [-0.2, 0) is 0 Å². The van der Waals surface area contributed by atoms with Crippen LogP contribution in [0.25, 0.3) is 11.3 Å². The van der Waals surface area contributed by atoms with Crippen molar-refractivity contribution in [2.75, 3.05) is 5.75 Å². The highest BCUT2D eigenvalue weighted by Gasteiger charge is 2.05. The van der Waals surface area contributed by atoms with Crippen molar-refractivity contribution in [2.45, 2.75) is 13.8 Å². The van der Waals surface area contributed by atoms with Crippen molar-refractivity contribution in [3.05, 3.63) is 47.7 Å². The Morgan fingerprint density at radius 3 is 2.53 bits per heavy atom. The van der Waals surface area contributed by atoms with E-state index in [4.69, 9.17) is 12.2 Å². The Kier molecular flexibility index (Phi) is 4.02. The van der Waals surface area contributed by atoms with Crippen LogP contribution >= 0.6 is 24.0 Å². The molecule has 0 aliphatic carbocycles. The summed E-state index contributed by atoms with van der Waals surface area (Å²) in [7, 11) is 0. The Morgan fingerprint density at radius 2 is 1.88 bits per heavy atom. The van der Waals surface area contributed by atoms with Gasteiger partial charge in [0.25, 0.3) is 0 Å². The van der Waals surface area contributed by atoms with E-state index in [0.717, 1.165) is 21.3 Å². The van der Waals surface area contributed by atoms with Gasteiger partial charge in [-0.15, -0.1) is 11.8 Å². The van der Waals surface area contributed by atoms with E-state index in [1.165, 1.54) is 11.1 Å². The summed E-state index contributed by atoms with van der Waals surface area (Å²) in [5, 5.41) is 0. The van der Waals surface area contributed by atoms with Crippen molar-refractivity contribution in [1.82, 2.24) is 4.98 Å². The van der Waals surface area contributed by atoms with Crippen LogP contribution in [0.15, 0.2) is 36.4 Å². The number of benzene rings is 1. The fourth-order valence-electron chi connectivity index (χ4n) is 1.62. The van der Waals surface area contributed by atoms with Crippen LogP contribution in [0.3, 0.4) is 0 Å². The second-order valence-corrected chi connectivity index (χ2v) is 5.81. The Hall–Kier alpha value is -1.06. The minimum atomic E-state index is 0.936. The van der Waals surface area contributed by atoms with E-state index in [-0.39, 0.29) is 0 Å². The first kappa shape index (κ1) is 12.4. The number of aromatic nitrogens is 1. The molecule has 0 radical (unpaired) electrons. The first-order valence-electron chi connectivity index (χ1n) is 5.64. The van der Waals surface area contributed by atoms with Crippen LogP contribution in [-0.4, -0.2) is 14.9 Å². The van der Waals surface area contributed by atoms with Gasteiger partial charge in [0.2, 0.25) is 0 Å². The fraction of sp³-hybridized carbons (Fsp3) is 0.214. The summed E-state index contributed by atoms with van der Waals surface area (Å²) in [4.78, 5) is 3.37. The number of thioether (sulfide) groups is 1. The number of thiocarbonyl (C=S) groups is 1. The first-order chi connectivity index (χ1) is 8.20. The molecule has 0 bridgehead atoms. The van der Waals surface area contributed by atoms with Crippen molar-refractivity contribution < 1.29 is 0 Å². The van der Waals surface area contributed by atoms with E-state index in [1.54, 1.807) is 11.8 Å². The van der Waals surface area contributed by atoms with Crippen LogP contribution in [0.2, 0.25) is 0 Å². The lowest BCUT2D eigenvalue weighted by Gasteiger charge is -2.00. The van der Waals surface area contributed by atoms with Gasteiger partial charge in [0.05, 0.1) is 9.89 Å². The smallest absolute Gasteiger partial charge is 0.0941 e. The van der Waals surface area contributed by atoms with Gasteiger partial charge in [0, 0.05) is 5.69 Å². The monoisotopic (exact) mass is 261 g/mol. The van der Waals surface area contributed by atoms with E-state index in [9.17, 15) is 0 Å². The molecule has 0 saturated carbocycles. The topological polar surface area (TPSA) is 15.8 Å². The zero-order valence-electron chi connectivity index (χ0n) is 9.99. The molecular weight excluding hydrogens is 246 g/mol. The van der Waals surface area contributed by atoms with Gasteiger partial charge in [0.15, 0.2) is 0 Å². The van der Waals surface area contributed by atoms with Crippen LogP contribution in [0.1, 0.15) is 18.2 Å². The van der Waals surface area contributed by atoms with Crippen molar-refractivity contribution in [3.8, 4) is 11.3 Å². The molecule has 0 unspecified atom stereocenters. The molecular formula is C14H15NS2. The second kappa shape index (κ2) is 5.52. The summed E-state index contributed by atoms with van der Waals surface area (Å²) in [5.74, 6) is 1.01. The average Bonchev–Trinajstić information content (AvgIpc) is 2.80. The molecule has 1 aromatic carbocycles. The quantitative estimate of drug-likeness (QED) is 0.823. The number of nitrogens with one attached hydrogen (secondary N) is 1. The molecule has 0 spiro atoms. The van der Waals surface area contributed by atoms with E-state index < -0.39 is 0 Å². The van der Waals surface area contributed by atoms with Gasteiger partial charge >= 0.3 is 0 Å². The molecule has 3 heteroatoms. The number of rotatable bonds is 3. The van der Waals surface area contributed by atoms with Gasteiger partial charge in [-0.05, 0) is 30.4 Å². The number of aromatic amines is 1. The summed E-state index contributed by atoms with van der Waals surface area (Å²) >= 11 is 7.03. The van der Waals surface area contributed by atoms with Gasteiger partial charge in [0.1, 0.15) is 0 Å². The average molecular weight is 261 g/mol. The lowest BCUT2D eigenvalue weighted by Crippen LogP contribution is -1.92. The molecule has 0 fully saturated rings. The Balaban J connectivity index is 2.23. The van der Waals surface area contributed by atoms with E-state index in [2.05, 4.69) is 55.2 Å². The molecule has 1 N–H and O–H groups in total. The molecule has 0 saturated heterocycles. The van der Waals surface area contributed by atoms with Crippen molar-refractivity contribution in [2.24, 2.45) is 0 Å². The molecule has 0 aliphatic heterocycles. The van der Waals surface area contributed by atoms with Gasteiger partial charge in [-0.1, -0.05) is 49.0 Å². The molecule has 1 heterocycles. The number of hydrogen-bond donors (Lipinski definition) is 1. The maximum atomic E-state index is 5.34. The molecule has 0 amide bonds. The lowest BCUT2D eigenvalue weighted by molar-refractivity contribution is 1.37. The minimum absolute atomic E-state index is 0.936. The Labute approximate surface area is 112 Å². The third-order valence-corrected chi connectivity index (χ3v) is 3.89. The standard InChI is InChI=1S/C14H15NS2/c1-3-17-14(16)13-9-8-12(15-13)11-6-4-10(2)5-7-11/h4-9,15H,3H2,1-2H3. The summed E-state index contributed by atoms with van der Waals surface area (Å²) in [6.45, 7) is 4.21. The third kappa shape index (κ3) is 2.99. The molecule has 1 aromatic heterocycles. The van der Waals surface area contributed by atoms with Crippen LogP contribution in [0.4, 0.5) is 0 Å². The molecule has 1 nitrogen and oxygen atoms in total. The number of hydrogen-bond acceptors (Lipinski definition) is 2. The van der Waals surface area contributed by atoms with Gasteiger partial charge < -0.3 is 4.98 Å². The molecule has 17 heavy (non-hydrogen) atoms. The maximum absolute atomic E-state index is 5.34. The second-order valence-electron chi connectivity index (χ2n) is 3.87. The van der Waals surface area contributed by atoms with Crippen LogP contribution < -0.4 is 0 Å². The van der Waals surface area contributed by atoms with Crippen LogP contribution in [0.5, 0.6) is 0 Å². The van der Waals surface area contributed by atoms with Gasteiger partial charge in [-0.3, -0.25) is 0 Å². The van der Waals surface area contributed by atoms with E-state index in [1.807, 2.05) is 0 Å². The Bertz CT molecular complexity index is 511. The largest absolute Gasteiger partial charge is 0.353 e. The highest BCUT2D eigenvalue weighted by molar-refractivity contribution is 8.23. The lowest BCUT2D eigenvalue weighted by atomic mass is 10.1. The maximum Gasteiger partial charge on any atom is 0.0941 e. The van der Waals surface area contributed by atoms with Crippen molar-refractivity contribution in [3.63, 3.8) is 0 Å². The summed E-state index contributed by atoms with van der Waals surface area (Å²) in [6, 6.07) is 12.6. The number of aryl methyl sites for hydroxylation is 1. The summed E-state index contributed by atoms with van der Waals surface area (Å²) in [5.41, 5.74) is 4.64. The normalized spacial score (nSPS) is 10.5. The van der Waals surface area contributed by atoms with Crippen LogP contribution in [0, 0.1) is 6.92 Å². The zero-order valence-corrected chi connectivity index (χ0v) is 11.6. The first-order valence-corrected chi connectivity index (χ1v) is 7.03. The molecule has 0 aliphatic rings. The fourth-order valence-corrected chi connectivity index (χ4v) is 2.63. The SMILES string of the molecule is CCSC(=S)c1ccc(-c2ccc(C)cc2)[nH]1. The van der Waals surface area contributed by atoms with E-state index in [0.29, 0.717) is 0 Å². The van der Waals surface area contributed by atoms with E-state index >= 15 is 0 Å². The number of H-pyrrole nitrogens is 1. The molecule has 88 valence electrons. The summed E-state index contributed by atoms with van der Waals surface area (Å²) in [6.07, 6.45) is 0. The van der Waals surface area contributed by atoms with Crippen molar-refractivity contribution >= 4 is 28.2 Å². The summed E-state index contributed by atoms with van der Waals surface area (Å²) < 4.78 is 0.936. The van der Waals surface area contributed by atoms with Crippen molar-refractivity contribution in [1.29, 1.82) is 0 Å². The van der Waals surface area contributed by atoms with Gasteiger partial charge in [-0.25, -0.2) is 0 Å². The molecule has 2 aromatic rings. The third-order valence-electron chi connectivity index (χ3n) is 2.54. The highest BCUT2D eigenvalue weighted by Crippen LogP contribution is 2.21. The Morgan fingerprint density at radius 1 is 1.18 bits per heavy atom.